The van der Waals surface area contributed by atoms with E-state index >= 15 is 0 Å². The maximum absolute atomic E-state index is 11.2. The first-order chi connectivity index (χ1) is 6.35. The third-order valence-corrected chi connectivity index (χ3v) is 2.54. The average Bonchev–Trinajstić information content (AvgIpc) is 2.49. The zero-order chi connectivity index (χ0) is 10.6. The monoisotopic (exact) mass is 202 g/mol. The second kappa shape index (κ2) is 2.76. The lowest BCUT2D eigenvalue weighted by molar-refractivity contribution is -0.248. The van der Waals surface area contributed by atoms with Gasteiger partial charge in [-0.2, -0.15) is 0 Å². The van der Waals surface area contributed by atoms with Crippen LogP contribution in [0, 0.1) is 0 Å². The highest BCUT2D eigenvalue weighted by molar-refractivity contribution is 5.84. The predicted octanol–water partition coefficient (Wildman–Crippen LogP) is -0.186. The van der Waals surface area contributed by atoms with Crippen LogP contribution in [0.15, 0.2) is 0 Å². The number of carbonyl (C=O) groups is 1. The molecule has 0 aliphatic carbocycles. The molecule has 0 aromatic carbocycles. The Balaban J connectivity index is 2.24. The Morgan fingerprint density at radius 1 is 1.43 bits per heavy atom. The summed E-state index contributed by atoms with van der Waals surface area (Å²) in [6.07, 6.45) is -1.08. The molecule has 14 heavy (non-hydrogen) atoms. The van der Waals surface area contributed by atoms with Gasteiger partial charge in [0.15, 0.2) is 17.7 Å². The number of carbonyl (C=O) groups excluding carboxylic acids is 1. The van der Waals surface area contributed by atoms with E-state index in [4.69, 9.17) is 14.2 Å². The molecule has 2 heterocycles. The molecule has 80 valence electrons. The van der Waals surface area contributed by atoms with Gasteiger partial charge in [0.2, 0.25) is 0 Å². The van der Waals surface area contributed by atoms with Crippen LogP contribution >= 0.6 is 0 Å². The summed E-state index contributed by atoms with van der Waals surface area (Å²) >= 11 is 0. The molecule has 1 unspecified atom stereocenters. The van der Waals surface area contributed by atoms with Crippen molar-refractivity contribution in [2.45, 2.75) is 44.6 Å². The van der Waals surface area contributed by atoms with Crippen molar-refractivity contribution in [3.05, 3.63) is 0 Å². The molecule has 0 bridgehead atoms. The molecular formula is C9H14O5. The number of ketones is 1. The molecule has 0 aromatic rings. The number of Topliss-reactive ketones (excluding diaryl/α,β-unsaturated/α-hetero) is 1. The van der Waals surface area contributed by atoms with Gasteiger partial charge in [0.1, 0.15) is 6.10 Å². The third kappa shape index (κ3) is 1.28. The van der Waals surface area contributed by atoms with E-state index in [9.17, 15) is 9.90 Å². The fourth-order valence-electron chi connectivity index (χ4n) is 1.88. The van der Waals surface area contributed by atoms with Crippen molar-refractivity contribution < 1.29 is 24.1 Å². The Morgan fingerprint density at radius 3 is 2.64 bits per heavy atom. The van der Waals surface area contributed by atoms with Gasteiger partial charge >= 0.3 is 0 Å². The maximum Gasteiger partial charge on any atom is 0.256 e. The summed E-state index contributed by atoms with van der Waals surface area (Å²) in [4.78, 5) is 11.2. The van der Waals surface area contributed by atoms with E-state index in [1.807, 2.05) is 0 Å². The highest BCUT2D eigenvalue weighted by atomic mass is 16.8. The van der Waals surface area contributed by atoms with Crippen molar-refractivity contribution in [3.8, 4) is 0 Å². The highest BCUT2D eigenvalue weighted by Gasteiger charge is 2.60. The fourth-order valence-corrected chi connectivity index (χ4v) is 1.88. The lowest BCUT2D eigenvalue weighted by Gasteiger charge is -2.26. The molecule has 1 N–H and O–H groups in total. The summed E-state index contributed by atoms with van der Waals surface area (Å²) in [5, 5.41) is 9.89. The van der Waals surface area contributed by atoms with Crippen LogP contribution in [0.3, 0.4) is 0 Å². The Kier molecular flexibility index (Phi) is 1.98. The van der Waals surface area contributed by atoms with Gasteiger partial charge in [-0.1, -0.05) is 0 Å². The molecule has 2 fully saturated rings. The Labute approximate surface area is 81.9 Å². The lowest BCUT2D eigenvalue weighted by Crippen LogP contribution is -2.48. The van der Waals surface area contributed by atoms with Gasteiger partial charge in [0, 0.05) is 6.92 Å². The number of ether oxygens (including phenoxy) is 3. The third-order valence-electron chi connectivity index (χ3n) is 2.54. The Morgan fingerprint density at radius 2 is 2.07 bits per heavy atom. The topological polar surface area (TPSA) is 65.0 Å². The van der Waals surface area contributed by atoms with Crippen molar-refractivity contribution in [1.29, 1.82) is 0 Å². The van der Waals surface area contributed by atoms with Crippen LogP contribution in [0.1, 0.15) is 20.8 Å². The molecule has 5 nitrogen and oxygen atoms in total. The number of fused-ring (bicyclic) bond motifs is 1. The summed E-state index contributed by atoms with van der Waals surface area (Å²) in [6, 6.07) is 0. The standard InChI is InChI=1S/C9H14O5/c1-5(10)9(11)7-6(4-12-9)13-8(2,3)14-7/h6-7,11H,4H2,1-3H3/t6-,7-,9?/m1/s1. The first-order valence-electron chi connectivity index (χ1n) is 4.58. The van der Waals surface area contributed by atoms with Crippen LogP contribution in [-0.2, 0) is 19.0 Å². The van der Waals surface area contributed by atoms with Gasteiger partial charge in [-0.25, -0.2) is 0 Å². The zero-order valence-electron chi connectivity index (χ0n) is 8.44. The predicted molar refractivity (Wildman–Crippen MR) is 45.4 cm³/mol. The Hall–Kier alpha value is -0.490. The molecule has 0 spiro atoms. The largest absolute Gasteiger partial charge is 0.357 e. The molecule has 2 aliphatic rings. The van der Waals surface area contributed by atoms with Gasteiger partial charge in [0.05, 0.1) is 6.61 Å². The second-order valence-electron chi connectivity index (χ2n) is 4.16. The van der Waals surface area contributed by atoms with Gasteiger partial charge in [0.25, 0.3) is 5.79 Å². The maximum atomic E-state index is 11.2. The normalized spacial score (nSPS) is 45.1. The quantitative estimate of drug-likeness (QED) is 0.638. The first-order valence-corrected chi connectivity index (χ1v) is 4.58. The lowest BCUT2D eigenvalue weighted by atomic mass is 10.1. The van der Waals surface area contributed by atoms with Gasteiger partial charge in [-0.3, -0.25) is 4.79 Å². The highest BCUT2D eigenvalue weighted by Crippen LogP contribution is 2.39. The van der Waals surface area contributed by atoms with Crippen LogP contribution in [0.4, 0.5) is 0 Å². The van der Waals surface area contributed by atoms with E-state index in [-0.39, 0.29) is 12.7 Å². The van der Waals surface area contributed by atoms with Crippen LogP contribution in [-0.4, -0.2) is 41.3 Å². The van der Waals surface area contributed by atoms with E-state index in [1.165, 1.54) is 6.92 Å². The van der Waals surface area contributed by atoms with Crippen LogP contribution in [0.2, 0.25) is 0 Å². The molecule has 0 amide bonds. The van der Waals surface area contributed by atoms with Crippen molar-refractivity contribution >= 4 is 5.78 Å². The van der Waals surface area contributed by atoms with Crippen LogP contribution in [0.25, 0.3) is 0 Å². The van der Waals surface area contributed by atoms with Gasteiger partial charge in [-0.15, -0.1) is 0 Å². The molecule has 3 atom stereocenters. The van der Waals surface area contributed by atoms with E-state index < -0.39 is 23.5 Å². The Bertz CT molecular complexity index is 274. The fraction of sp³-hybridized carbons (Fsp3) is 0.889. The molecule has 2 aliphatic heterocycles. The second-order valence-corrected chi connectivity index (χ2v) is 4.16. The molecule has 0 radical (unpaired) electrons. The summed E-state index contributed by atoms with van der Waals surface area (Å²) in [5.41, 5.74) is 0. The number of hydrogen-bond donors (Lipinski definition) is 1. The summed E-state index contributed by atoms with van der Waals surface area (Å²) < 4.78 is 15.9. The van der Waals surface area contributed by atoms with E-state index in [1.54, 1.807) is 13.8 Å². The number of rotatable bonds is 1. The van der Waals surface area contributed by atoms with Crippen molar-refractivity contribution in [1.82, 2.24) is 0 Å². The van der Waals surface area contributed by atoms with Crippen molar-refractivity contribution in [2.24, 2.45) is 0 Å². The minimum Gasteiger partial charge on any atom is -0.357 e. The molecular weight excluding hydrogens is 188 g/mol. The zero-order valence-corrected chi connectivity index (χ0v) is 8.44. The van der Waals surface area contributed by atoms with E-state index in [2.05, 4.69) is 0 Å². The molecule has 2 saturated heterocycles. The summed E-state index contributed by atoms with van der Waals surface area (Å²) in [5.74, 6) is -3.05. The molecule has 5 heteroatoms. The first kappa shape index (κ1) is 10.0. The number of aliphatic hydroxyl groups is 1. The minimum atomic E-state index is -1.83. The summed E-state index contributed by atoms with van der Waals surface area (Å²) in [7, 11) is 0. The minimum absolute atomic E-state index is 0.185. The van der Waals surface area contributed by atoms with Crippen molar-refractivity contribution in [3.63, 3.8) is 0 Å². The van der Waals surface area contributed by atoms with Crippen LogP contribution in [0.5, 0.6) is 0 Å². The van der Waals surface area contributed by atoms with Gasteiger partial charge < -0.3 is 19.3 Å². The van der Waals surface area contributed by atoms with E-state index in [0.29, 0.717) is 0 Å². The van der Waals surface area contributed by atoms with E-state index in [0.717, 1.165) is 0 Å². The van der Waals surface area contributed by atoms with Crippen LogP contribution < -0.4 is 0 Å². The smallest absolute Gasteiger partial charge is 0.256 e. The molecule has 2 rings (SSSR count). The summed E-state index contributed by atoms with van der Waals surface area (Å²) in [6.45, 7) is 4.94. The molecule has 0 saturated carbocycles. The molecule has 0 aromatic heterocycles. The number of hydrogen-bond acceptors (Lipinski definition) is 5. The average molecular weight is 202 g/mol. The van der Waals surface area contributed by atoms with Gasteiger partial charge in [-0.05, 0) is 13.8 Å². The van der Waals surface area contributed by atoms with Crippen molar-refractivity contribution in [2.75, 3.05) is 6.61 Å². The SMILES string of the molecule is CC(=O)C1(O)OC[C@H]2OC(C)(C)O[C@H]21.